The highest BCUT2D eigenvalue weighted by Crippen LogP contribution is 2.29. The second kappa shape index (κ2) is 37.1. The Morgan fingerprint density at radius 3 is 1.35 bits per heavy atom. The molecule has 0 saturated carbocycles. The molecule has 19 nitrogen and oxygen atoms in total. The van der Waals surface area contributed by atoms with E-state index in [0.29, 0.717) is 64.5 Å². The number of nitrogens with one attached hydrogen (secondary N) is 4. The van der Waals surface area contributed by atoms with Gasteiger partial charge in [-0.3, -0.25) is 38.4 Å². The summed E-state index contributed by atoms with van der Waals surface area (Å²) in [7, 11) is 0. The summed E-state index contributed by atoms with van der Waals surface area (Å²) in [5.41, 5.74) is 1.30. The number of alkyl halides is 6. The summed E-state index contributed by atoms with van der Waals surface area (Å²) in [6.07, 6.45) is 10.4. The number of amides is 6. The molecule has 6 amide bonds. The summed E-state index contributed by atoms with van der Waals surface area (Å²) in [6, 6.07) is 15.7. The predicted molar refractivity (Wildman–Crippen MR) is 317 cm³/mol. The number of carbonyl (C=O) groups is 9. The van der Waals surface area contributed by atoms with Crippen molar-refractivity contribution in [3.63, 3.8) is 0 Å². The third kappa shape index (κ3) is 31.4. The molecule has 0 bridgehead atoms. The van der Waals surface area contributed by atoms with Crippen molar-refractivity contribution in [3.8, 4) is 0 Å². The SMILES string of the molecule is C/C=C/CC(=O)N[C@@H](CCc1ccccc1)C(=O)N[C@@H](C)C(=O)N1CCC[C@@H](C(=O)OCC(Cl)(Cl)Cl)C1.C/C=C/CC(=O)O.C[C@H](NC(=O)[C@H](CCc1ccccc1)NC(=O)OC(C)(C)C)C(=O)N1CCC[C@@H](C(=O)OCC(Cl)(Cl)Cl)C1. The zero-order valence-corrected chi connectivity index (χ0v) is 51.9. The second-order valence-corrected chi connectivity index (χ2v) is 25.5. The van der Waals surface area contributed by atoms with Crippen LogP contribution in [0.25, 0.3) is 0 Å². The summed E-state index contributed by atoms with van der Waals surface area (Å²) in [6.45, 7) is 12.3. The molecule has 2 heterocycles. The molecule has 2 saturated heterocycles. The Kier molecular flexibility index (Phi) is 32.9. The van der Waals surface area contributed by atoms with Crippen molar-refractivity contribution in [2.45, 2.75) is 150 Å². The maximum absolute atomic E-state index is 13.2. The smallest absolute Gasteiger partial charge is 0.408 e. The van der Waals surface area contributed by atoms with E-state index < -0.39 is 85.0 Å². The Hall–Kier alpha value is -5.31. The van der Waals surface area contributed by atoms with Gasteiger partial charge in [-0.2, -0.15) is 0 Å². The number of aryl methyl sites for hydroxylation is 2. The Morgan fingerprint density at radius 1 is 0.610 bits per heavy atom. The number of carboxylic acids is 1. The van der Waals surface area contributed by atoms with Crippen LogP contribution in [0, 0.1) is 11.8 Å². The summed E-state index contributed by atoms with van der Waals surface area (Å²) in [5.74, 6) is -4.88. The number of rotatable bonds is 22. The van der Waals surface area contributed by atoms with Crippen molar-refractivity contribution < 1.29 is 62.5 Å². The molecular weight excluding hydrogens is 1190 g/mol. The number of hydrogen-bond donors (Lipinski definition) is 5. The number of carboxylic acid groups (broad SMARTS) is 1. The van der Waals surface area contributed by atoms with E-state index in [-0.39, 0.29) is 56.9 Å². The number of alkyl carbamates (subject to hydrolysis) is 1. The average molecular weight is 1270 g/mol. The van der Waals surface area contributed by atoms with Gasteiger partial charge >= 0.3 is 24.0 Å². The number of allylic oxidation sites excluding steroid dienone is 2. The maximum Gasteiger partial charge on any atom is 0.408 e. The standard InChI is InChI=1S/C26H36Cl3N3O6.C26H34Cl3N3O5.C5H8O2/c1-17(22(34)32-14-8-11-19(15-32)23(35)37-16-26(27,28)29)30-21(33)20(31-24(36)38-25(2,3)4)13-12-18-9-6-5-7-10-18;1-3-4-12-22(33)31-21(14-13-19-9-6-5-7-10-19)23(34)30-18(2)24(35)32-15-8-11-20(16-32)25(36)37-17-26(27,28)29;1-2-3-4-5(6)7/h5-7,9-10,17,19-20H,8,11-16H2,1-4H3,(H,30,33)(H,31,36);3-7,9-10,18,20-21H,8,11-17H2,1-2H3,(H,30,34)(H,31,33);2-3H,4H2,1H3,(H,6,7)/b;4-3+;3-2+/t17-,19+,20-;18-,20+,21-;/m00./s1. The maximum atomic E-state index is 13.2. The molecule has 4 rings (SSSR count). The van der Waals surface area contributed by atoms with Crippen LogP contribution in [0.4, 0.5) is 4.79 Å². The molecule has 2 aromatic carbocycles. The second-order valence-electron chi connectivity index (χ2n) is 20.5. The lowest BCUT2D eigenvalue weighted by molar-refractivity contribution is -0.153. The van der Waals surface area contributed by atoms with Crippen molar-refractivity contribution in [1.29, 1.82) is 0 Å². The van der Waals surface area contributed by atoms with Gasteiger partial charge in [0.2, 0.25) is 37.1 Å². The van der Waals surface area contributed by atoms with Crippen LogP contribution < -0.4 is 21.3 Å². The lowest BCUT2D eigenvalue weighted by Gasteiger charge is -2.34. The third-order valence-corrected chi connectivity index (χ3v) is 12.9. The molecule has 6 atom stereocenters. The molecule has 2 aliphatic rings. The fourth-order valence-electron chi connectivity index (χ4n) is 8.18. The van der Waals surface area contributed by atoms with E-state index in [0.717, 1.165) is 11.1 Å². The average Bonchev–Trinajstić information content (AvgIpc) is 3.46. The molecule has 456 valence electrons. The van der Waals surface area contributed by atoms with Gasteiger partial charge in [-0.05, 0) is 111 Å². The minimum Gasteiger partial charge on any atom is -0.481 e. The number of esters is 2. The van der Waals surface area contributed by atoms with Crippen LogP contribution in [-0.2, 0) is 65.4 Å². The van der Waals surface area contributed by atoms with Crippen LogP contribution >= 0.6 is 69.6 Å². The van der Waals surface area contributed by atoms with Crippen molar-refractivity contribution >= 4 is 123 Å². The van der Waals surface area contributed by atoms with Crippen LogP contribution in [0.15, 0.2) is 85.0 Å². The molecule has 5 N–H and O–H groups in total. The molecular formula is C57H78Cl6N6O13. The first-order chi connectivity index (χ1) is 38.4. The molecule has 0 radical (unpaired) electrons. The van der Waals surface area contributed by atoms with Crippen LogP contribution in [-0.4, -0.2) is 145 Å². The number of carbonyl (C=O) groups excluding carboxylic acids is 8. The fourth-order valence-corrected chi connectivity index (χ4v) is 8.50. The molecule has 0 aromatic heterocycles. The number of aliphatic carboxylic acids is 1. The van der Waals surface area contributed by atoms with Gasteiger partial charge in [0, 0.05) is 32.6 Å². The number of ether oxygens (including phenoxy) is 3. The minimum atomic E-state index is -1.72. The van der Waals surface area contributed by atoms with Gasteiger partial charge in [-0.25, -0.2) is 4.79 Å². The fraction of sp³-hybridized carbons (Fsp3) is 0.561. The van der Waals surface area contributed by atoms with E-state index in [9.17, 15) is 43.2 Å². The highest BCUT2D eigenvalue weighted by Gasteiger charge is 2.36. The molecule has 2 aromatic rings. The largest absolute Gasteiger partial charge is 0.481 e. The normalized spacial score (nSPS) is 17.0. The van der Waals surface area contributed by atoms with Gasteiger partial charge in [0.15, 0.2) is 0 Å². The molecule has 0 unspecified atom stereocenters. The monoisotopic (exact) mass is 1260 g/mol. The van der Waals surface area contributed by atoms with E-state index in [2.05, 4.69) is 21.3 Å². The van der Waals surface area contributed by atoms with E-state index in [1.807, 2.05) is 67.6 Å². The Morgan fingerprint density at radius 2 is 1.00 bits per heavy atom. The number of nitrogens with zero attached hydrogens (tertiary/aromatic N) is 2. The van der Waals surface area contributed by atoms with Crippen molar-refractivity contribution in [3.05, 3.63) is 96.1 Å². The molecule has 2 fully saturated rings. The Labute approximate surface area is 511 Å². The molecule has 82 heavy (non-hydrogen) atoms. The quantitative estimate of drug-likeness (QED) is 0.0320. The van der Waals surface area contributed by atoms with Crippen LogP contribution in [0.2, 0.25) is 0 Å². The summed E-state index contributed by atoms with van der Waals surface area (Å²) >= 11 is 33.9. The van der Waals surface area contributed by atoms with Gasteiger partial charge in [-0.15, -0.1) is 0 Å². The number of piperidine rings is 2. The highest BCUT2D eigenvalue weighted by atomic mass is 35.6. The van der Waals surface area contributed by atoms with Crippen LogP contribution in [0.1, 0.15) is 111 Å². The van der Waals surface area contributed by atoms with Crippen molar-refractivity contribution in [2.24, 2.45) is 11.8 Å². The summed E-state index contributed by atoms with van der Waals surface area (Å²) < 4.78 is 12.0. The van der Waals surface area contributed by atoms with E-state index >= 15 is 0 Å². The van der Waals surface area contributed by atoms with Gasteiger partial charge in [0.05, 0.1) is 18.3 Å². The zero-order chi connectivity index (χ0) is 61.6. The minimum absolute atomic E-state index is 0.130. The predicted octanol–water partition coefficient (Wildman–Crippen LogP) is 8.93. The molecule has 25 heteroatoms. The van der Waals surface area contributed by atoms with Crippen LogP contribution in [0.5, 0.6) is 0 Å². The van der Waals surface area contributed by atoms with Crippen LogP contribution in [0.3, 0.4) is 0 Å². The number of likely N-dealkylation sites (tertiary alicyclic amines) is 2. The Bertz CT molecular complexity index is 2440. The van der Waals surface area contributed by atoms with E-state index in [1.165, 1.54) is 9.80 Å². The van der Waals surface area contributed by atoms with Crippen molar-refractivity contribution in [1.82, 2.24) is 31.1 Å². The first-order valence-corrected chi connectivity index (χ1v) is 29.1. The van der Waals surface area contributed by atoms with Gasteiger partial charge < -0.3 is 50.4 Å². The zero-order valence-electron chi connectivity index (χ0n) is 47.4. The lowest BCUT2D eigenvalue weighted by Crippen LogP contribution is -2.55. The molecule has 2 aliphatic heterocycles. The number of halogens is 6. The number of benzene rings is 2. The third-order valence-electron chi connectivity index (χ3n) is 12.2. The summed E-state index contributed by atoms with van der Waals surface area (Å²) in [5, 5.41) is 18.8. The van der Waals surface area contributed by atoms with Gasteiger partial charge in [0.25, 0.3) is 0 Å². The first-order valence-electron chi connectivity index (χ1n) is 26.9. The van der Waals surface area contributed by atoms with Gasteiger partial charge in [0.1, 0.15) is 43.0 Å². The molecule has 0 spiro atoms. The van der Waals surface area contributed by atoms with Crippen molar-refractivity contribution in [2.75, 3.05) is 39.4 Å². The van der Waals surface area contributed by atoms with Gasteiger partial charge in [-0.1, -0.05) is 155 Å². The van der Waals surface area contributed by atoms with E-state index in [1.54, 1.807) is 65.8 Å². The summed E-state index contributed by atoms with van der Waals surface area (Å²) in [4.78, 5) is 115. The molecule has 0 aliphatic carbocycles. The first kappa shape index (κ1) is 72.8. The lowest BCUT2D eigenvalue weighted by atomic mass is 9.97. The highest BCUT2D eigenvalue weighted by molar-refractivity contribution is 6.68. The van der Waals surface area contributed by atoms with E-state index in [4.69, 9.17) is 88.9 Å². The number of hydrogen-bond acceptors (Lipinski definition) is 12. The Balaban J connectivity index is 0.000000501. The topological polar surface area (TPSA) is 256 Å².